The minimum absolute atomic E-state index is 0.00407. The number of hydrogen-bond acceptors (Lipinski definition) is 16. The largest absolute Gasteiger partial charge is 0.467 e. The summed E-state index contributed by atoms with van der Waals surface area (Å²) in [6.45, 7) is 17.8. The SMILES string of the molecule is C[C@H]1C[C@@H](NC(=O)[C@@H](O)CCNC(=O)OC(C)(C)C)[C@H](O[C@H]2OC[C@](C)(O)[C@H](N(C)C(=O)OC(C)(C)C)[C@H]2O)[C@@H](O)[C@@H]1O[C@H]1OC(CCCCO)=CC[C@H]1NC(=O)OC(C)(C)C. The summed E-state index contributed by atoms with van der Waals surface area (Å²) in [4.78, 5) is 52.8. The summed E-state index contributed by atoms with van der Waals surface area (Å²) < 4.78 is 41.1. The molecule has 2 fully saturated rings. The van der Waals surface area contributed by atoms with Crippen molar-refractivity contribution in [3.05, 3.63) is 11.8 Å². The summed E-state index contributed by atoms with van der Waals surface area (Å²) in [5.41, 5.74) is -4.26. The molecule has 358 valence electrons. The van der Waals surface area contributed by atoms with Gasteiger partial charge in [0.15, 0.2) is 6.29 Å². The fourth-order valence-electron chi connectivity index (χ4n) is 7.40. The van der Waals surface area contributed by atoms with Crippen LogP contribution in [0.4, 0.5) is 14.4 Å². The van der Waals surface area contributed by atoms with E-state index in [0.717, 1.165) is 4.90 Å². The minimum atomic E-state index is -1.79. The van der Waals surface area contributed by atoms with Crippen molar-refractivity contribution >= 4 is 24.2 Å². The highest BCUT2D eigenvalue weighted by Gasteiger charge is 2.54. The summed E-state index contributed by atoms with van der Waals surface area (Å²) >= 11 is 0. The van der Waals surface area contributed by atoms with Gasteiger partial charge in [-0.1, -0.05) is 6.92 Å². The molecule has 3 rings (SSSR count). The van der Waals surface area contributed by atoms with E-state index in [1.807, 2.05) is 6.08 Å². The molecule has 2 aliphatic heterocycles. The number of aliphatic hydroxyl groups is 5. The van der Waals surface area contributed by atoms with Crippen LogP contribution in [0.25, 0.3) is 0 Å². The first kappa shape index (κ1) is 52.8. The van der Waals surface area contributed by atoms with E-state index in [1.54, 1.807) is 69.2 Å². The van der Waals surface area contributed by atoms with E-state index >= 15 is 0 Å². The van der Waals surface area contributed by atoms with Gasteiger partial charge in [-0.05, 0) is 113 Å². The van der Waals surface area contributed by atoms with Gasteiger partial charge in [-0.2, -0.15) is 0 Å². The highest BCUT2D eigenvalue weighted by atomic mass is 16.7. The molecule has 20 heteroatoms. The maximum absolute atomic E-state index is 13.5. The molecule has 2 heterocycles. The summed E-state index contributed by atoms with van der Waals surface area (Å²) in [7, 11) is 1.35. The van der Waals surface area contributed by atoms with Gasteiger partial charge in [-0.15, -0.1) is 0 Å². The minimum Gasteiger partial charge on any atom is -0.467 e. The Balaban J connectivity index is 1.93. The fraction of sp³-hybridized carbons (Fsp3) is 0.857. The van der Waals surface area contributed by atoms with Crippen molar-refractivity contribution in [2.75, 3.05) is 26.8 Å². The van der Waals surface area contributed by atoms with Gasteiger partial charge >= 0.3 is 18.3 Å². The third kappa shape index (κ3) is 16.2. The lowest BCUT2D eigenvalue weighted by molar-refractivity contribution is -0.313. The number of rotatable bonds is 15. The number of nitrogens with zero attached hydrogens (tertiary/aromatic N) is 1. The fourth-order valence-corrected chi connectivity index (χ4v) is 7.40. The Morgan fingerprint density at radius 1 is 0.871 bits per heavy atom. The molecule has 20 nitrogen and oxygen atoms in total. The van der Waals surface area contributed by atoms with Gasteiger partial charge in [0.05, 0.1) is 36.6 Å². The number of hydrogen-bond donors (Lipinski definition) is 8. The molecule has 0 aromatic rings. The summed E-state index contributed by atoms with van der Waals surface area (Å²) in [6, 6.07) is -3.15. The van der Waals surface area contributed by atoms with Crippen molar-refractivity contribution in [3.63, 3.8) is 0 Å². The number of carbonyl (C=O) groups excluding carboxylic acids is 4. The van der Waals surface area contributed by atoms with E-state index in [1.165, 1.54) is 14.0 Å². The van der Waals surface area contributed by atoms with Crippen molar-refractivity contribution in [1.29, 1.82) is 0 Å². The van der Waals surface area contributed by atoms with Gasteiger partial charge in [0.1, 0.15) is 46.8 Å². The first-order chi connectivity index (χ1) is 28.5. The Hall–Kier alpha value is -3.50. The Kier molecular flexibility index (Phi) is 18.7. The Bertz CT molecular complexity index is 1520. The van der Waals surface area contributed by atoms with Crippen molar-refractivity contribution < 1.29 is 77.9 Å². The smallest absolute Gasteiger partial charge is 0.410 e. The van der Waals surface area contributed by atoms with Crippen LogP contribution in [-0.2, 0) is 38.0 Å². The van der Waals surface area contributed by atoms with Crippen LogP contribution in [0.3, 0.4) is 0 Å². The lowest BCUT2D eigenvalue weighted by atomic mass is 9.79. The molecule has 0 unspecified atom stereocenters. The number of alkyl carbamates (subject to hydrolysis) is 2. The van der Waals surface area contributed by atoms with Gasteiger partial charge in [0, 0.05) is 26.6 Å². The zero-order valence-corrected chi connectivity index (χ0v) is 38.5. The first-order valence-corrected chi connectivity index (χ1v) is 21.4. The number of amides is 4. The van der Waals surface area contributed by atoms with Gasteiger partial charge in [-0.3, -0.25) is 4.79 Å². The van der Waals surface area contributed by atoms with E-state index in [-0.39, 0.29) is 32.4 Å². The molecule has 0 bridgehead atoms. The number of unbranched alkanes of at least 4 members (excludes halogenated alkanes) is 1. The second kappa shape index (κ2) is 21.9. The first-order valence-electron chi connectivity index (χ1n) is 21.4. The van der Waals surface area contributed by atoms with Crippen LogP contribution in [0.1, 0.15) is 115 Å². The van der Waals surface area contributed by atoms with Gasteiger partial charge in [-0.25, -0.2) is 14.4 Å². The molecule has 12 atom stereocenters. The maximum Gasteiger partial charge on any atom is 0.410 e. The molecular formula is C42H74N4O16. The van der Waals surface area contributed by atoms with Crippen LogP contribution in [0.15, 0.2) is 11.8 Å². The van der Waals surface area contributed by atoms with E-state index < -0.39 is 120 Å². The molecule has 8 N–H and O–H groups in total. The number of likely N-dealkylation sites (N-methyl/N-ethyl adjacent to an activating group) is 1. The Morgan fingerprint density at radius 2 is 1.47 bits per heavy atom. The van der Waals surface area contributed by atoms with Gasteiger partial charge < -0.3 is 79.5 Å². The third-order valence-electron chi connectivity index (χ3n) is 10.2. The number of aliphatic hydroxyl groups excluding tert-OH is 4. The second-order valence-electron chi connectivity index (χ2n) is 19.6. The van der Waals surface area contributed by atoms with Crippen LogP contribution in [-0.4, -0.2) is 165 Å². The van der Waals surface area contributed by atoms with Gasteiger partial charge in [0.25, 0.3) is 0 Å². The Morgan fingerprint density at radius 3 is 2.06 bits per heavy atom. The molecule has 1 saturated heterocycles. The molecule has 0 aromatic carbocycles. The summed E-state index contributed by atoms with van der Waals surface area (Å²) in [5.74, 6) is -0.832. The molecule has 0 spiro atoms. The molecule has 62 heavy (non-hydrogen) atoms. The van der Waals surface area contributed by atoms with Crippen LogP contribution < -0.4 is 16.0 Å². The molecule has 3 aliphatic rings. The third-order valence-corrected chi connectivity index (χ3v) is 10.2. The molecule has 0 radical (unpaired) electrons. The molecule has 1 aliphatic carbocycles. The quantitative estimate of drug-likeness (QED) is 0.0866. The standard InChI is InChI=1S/C42H74N4O16/c1-23-21-26(44-33(51)27(48)18-19-43-36(52)60-39(2,3)4)31(59-35-29(50)32(42(11,55)22-56-35)46(12)38(54)62-41(8,9)10)28(49)30(23)58-34-25(45-37(53)61-40(5,6)7)17-16-24(57-34)15-13-14-20-47/h16,23,25-32,34-35,47-50,55H,13-15,17-22H2,1-12H3,(H,43,52)(H,44,51)(H,45,53)/t23-,25+,26+,27-,28-,29+,30+,31-,32+,34+,35+,42-/m0/s1. The predicted octanol–water partition coefficient (Wildman–Crippen LogP) is 2.31. The van der Waals surface area contributed by atoms with Crippen LogP contribution in [0.2, 0.25) is 0 Å². The zero-order chi connectivity index (χ0) is 47.0. The number of carbonyl (C=O) groups is 4. The van der Waals surface area contributed by atoms with E-state index in [2.05, 4.69) is 16.0 Å². The monoisotopic (exact) mass is 891 g/mol. The van der Waals surface area contributed by atoms with Crippen LogP contribution >= 0.6 is 0 Å². The number of nitrogens with one attached hydrogen (secondary N) is 3. The molecule has 0 aromatic heterocycles. The van der Waals surface area contributed by atoms with E-state index in [0.29, 0.717) is 25.0 Å². The van der Waals surface area contributed by atoms with Crippen LogP contribution in [0.5, 0.6) is 0 Å². The van der Waals surface area contributed by atoms with E-state index in [4.69, 9.17) is 33.2 Å². The average molecular weight is 891 g/mol. The second-order valence-corrected chi connectivity index (χ2v) is 19.6. The van der Waals surface area contributed by atoms with Crippen molar-refractivity contribution in [3.8, 4) is 0 Å². The zero-order valence-electron chi connectivity index (χ0n) is 38.5. The van der Waals surface area contributed by atoms with Gasteiger partial charge in [0.2, 0.25) is 12.2 Å². The maximum atomic E-state index is 13.5. The Labute approximate surface area is 365 Å². The highest BCUT2D eigenvalue weighted by molar-refractivity contribution is 5.81. The summed E-state index contributed by atoms with van der Waals surface area (Å²) in [5, 5.41) is 63.5. The number of allylic oxidation sites excluding steroid dienone is 1. The highest BCUT2D eigenvalue weighted by Crippen LogP contribution is 2.36. The van der Waals surface area contributed by atoms with Crippen molar-refractivity contribution in [1.82, 2.24) is 20.9 Å². The molecular weight excluding hydrogens is 816 g/mol. The lowest BCUT2D eigenvalue weighted by Crippen LogP contribution is -2.69. The van der Waals surface area contributed by atoms with Crippen molar-refractivity contribution in [2.45, 2.75) is 198 Å². The average Bonchev–Trinajstić information content (AvgIpc) is 3.11. The normalized spacial score (nSPS) is 31.1. The number of ether oxygens (including phenoxy) is 7. The van der Waals surface area contributed by atoms with Crippen LogP contribution in [0, 0.1) is 5.92 Å². The molecule has 4 amide bonds. The molecule has 1 saturated carbocycles. The summed E-state index contributed by atoms with van der Waals surface area (Å²) in [6.07, 6.45) is -8.86. The van der Waals surface area contributed by atoms with E-state index in [9.17, 15) is 44.7 Å². The lowest BCUT2D eigenvalue weighted by Gasteiger charge is -2.50. The predicted molar refractivity (Wildman–Crippen MR) is 222 cm³/mol. The topological polar surface area (TPSA) is 273 Å². The van der Waals surface area contributed by atoms with Crippen molar-refractivity contribution in [2.24, 2.45) is 5.92 Å².